The number of aliphatic imine (C=N–C) groups is 4. The number of amidine groups is 3. The third kappa shape index (κ3) is 7.13. The topological polar surface area (TPSA) is 52.7 Å². The van der Waals surface area contributed by atoms with Crippen molar-refractivity contribution in [3.8, 4) is 0 Å². The first-order chi connectivity index (χ1) is 20.8. The molecule has 1 saturated heterocycles. The first kappa shape index (κ1) is 27.4. The highest BCUT2D eigenvalue weighted by Crippen LogP contribution is 2.34. The van der Waals surface area contributed by atoms with E-state index >= 15 is 0 Å². The first-order valence-corrected chi connectivity index (χ1v) is 15.3. The zero-order valence-corrected chi connectivity index (χ0v) is 24.3. The fourth-order valence-corrected chi connectivity index (χ4v) is 6.00. The smallest absolute Gasteiger partial charge is 0.190 e. The van der Waals surface area contributed by atoms with Gasteiger partial charge in [-0.1, -0.05) is 115 Å². The molecule has 6 rings (SSSR count). The molecule has 1 heterocycles. The lowest BCUT2D eigenvalue weighted by Gasteiger charge is -2.18. The van der Waals surface area contributed by atoms with Gasteiger partial charge in [0.15, 0.2) is 16.2 Å². The van der Waals surface area contributed by atoms with Gasteiger partial charge in [-0.25, -0.2) is 15.0 Å². The average Bonchev–Trinajstić information content (AvgIpc) is 3.37. The summed E-state index contributed by atoms with van der Waals surface area (Å²) in [6, 6.07) is 50.4. The largest absolute Gasteiger partial charge is 0.271 e. The molecule has 1 aliphatic rings. The minimum atomic E-state index is 0.661. The van der Waals surface area contributed by atoms with Gasteiger partial charge < -0.3 is 0 Å². The zero-order chi connectivity index (χ0) is 28.4. The van der Waals surface area contributed by atoms with Crippen molar-refractivity contribution in [2.75, 3.05) is 4.90 Å². The number of benzene rings is 5. The Hall–Kier alpha value is -4.72. The maximum absolute atomic E-state index is 5.18. The number of rotatable bonds is 6. The van der Waals surface area contributed by atoms with Crippen LogP contribution in [0.2, 0.25) is 0 Å². The van der Waals surface area contributed by atoms with E-state index < -0.39 is 0 Å². The van der Waals surface area contributed by atoms with Crippen LogP contribution in [0.15, 0.2) is 172 Å². The molecule has 0 saturated carbocycles. The molecule has 204 valence electrons. The van der Waals surface area contributed by atoms with E-state index in [9.17, 15) is 0 Å². The van der Waals surface area contributed by atoms with Crippen LogP contribution in [0.1, 0.15) is 5.56 Å². The van der Waals surface area contributed by atoms with E-state index in [0.29, 0.717) is 11.0 Å². The van der Waals surface area contributed by atoms with Crippen LogP contribution in [0.3, 0.4) is 0 Å². The van der Waals surface area contributed by atoms with Crippen LogP contribution >= 0.6 is 23.5 Å². The number of hydrogen-bond acceptors (Lipinski definition) is 5. The van der Waals surface area contributed by atoms with Gasteiger partial charge in [-0.2, -0.15) is 4.99 Å². The fraction of sp³-hybridized carbons (Fsp3) is 0.0286. The summed E-state index contributed by atoms with van der Waals surface area (Å²) in [6.07, 6.45) is 0. The van der Waals surface area contributed by atoms with Crippen molar-refractivity contribution in [3.05, 3.63) is 157 Å². The van der Waals surface area contributed by atoms with Crippen LogP contribution in [-0.2, 0) is 5.75 Å². The van der Waals surface area contributed by atoms with Gasteiger partial charge in [-0.05, 0) is 65.9 Å². The molecule has 0 amide bonds. The van der Waals surface area contributed by atoms with E-state index in [1.54, 1.807) is 11.8 Å². The van der Waals surface area contributed by atoms with Crippen molar-refractivity contribution < 1.29 is 0 Å². The lowest BCUT2D eigenvalue weighted by Crippen LogP contribution is -2.31. The Morgan fingerprint density at radius 3 is 1.67 bits per heavy atom. The van der Waals surface area contributed by atoms with E-state index in [-0.39, 0.29) is 0 Å². The van der Waals surface area contributed by atoms with Crippen molar-refractivity contribution >= 4 is 67.5 Å². The van der Waals surface area contributed by atoms with E-state index in [4.69, 9.17) is 20.0 Å². The Labute approximate surface area is 254 Å². The molecule has 0 spiro atoms. The molecular formula is C35H27N5S2. The highest BCUT2D eigenvalue weighted by molar-refractivity contribution is 8.29. The Bertz CT molecular complexity index is 1720. The van der Waals surface area contributed by atoms with E-state index in [0.717, 1.165) is 38.7 Å². The minimum Gasteiger partial charge on any atom is -0.271 e. The molecule has 0 unspecified atom stereocenters. The second kappa shape index (κ2) is 13.8. The maximum Gasteiger partial charge on any atom is 0.190 e. The molecule has 0 N–H and O–H groups in total. The maximum atomic E-state index is 5.18. The second-order valence-electron chi connectivity index (χ2n) is 9.20. The van der Waals surface area contributed by atoms with Crippen molar-refractivity contribution in [1.82, 2.24) is 0 Å². The van der Waals surface area contributed by atoms with Crippen molar-refractivity contribution in [3.63, 3.8) is 0 Å². The number of nitrogens with zero attached hydrogens (tertiary/aromatic N) is 5. The number of thioether (sulfide) groups is 2. The van der Waals surface area contributed by atoms with Gasteiger partial charge >= 0.3 is 0 Å². The van der Waals surface area contributed by atoms with E-state index in [1.807, 2.05) is 115 Å². The molecule has 42 heavy (non-hydrogen) atoms. The molecule has 5 aromatic carbocycles. The third-order valence-corrected chi connectivity index (χ3v) is 8.00. The van der Waals surface area contributed by atoms with Gasteiger partial charge in [0, 0.05) is 11.4 Å². The molecule has 1 aliphatic heterocycles. The molecule has 1 fully saturated rings. The molecular weight excluding hydrogens is 555 g/mol. The lowest BCUT2D eigenvalue weighted by atomic mass is 10.2. The molecule has 0 atom stereocenters. The van der Waals surface area contributed by atoms with Crippen LogP contribution in [-0.4, -0.2) is 21.2 Å². The van der Waals surface area contributed by atoms with Crippen LogP contribution < -0.4 is 4.90 Å². The summed E-state index contributed by atoms with van der Waals surface area (Å²) in [5, 5.41) is 2.16. The Kier molecular flexibility index (Phi) is 9.00. The fourth-order valence-electron chi connectivity index (χ4n) is 4.17. The van der Waals surface area contributed by atoms with E-state index in [2.05, 4.69) is 41.3 Å². The molecule has 0 radical (unpaired) electrons. The number of para-hydroxylation sites is 4. The third-order valence-electron chi connectivity index (χ3n) is 6.16. The summed E-state index contributed by atoms with van der Waals surface area (Å²) < 4.78 is 0. The summed E-state index contributed by atoms with van der Waals surface area (Å²) in [4.78, 5) is 22.3. The quantitative estimate of drug-likeness (QED) is 0.148. The molecule has 5 aromatic rings. The van der Waals surface area contributed by atoms with Crippen LogP contribution in [0.4, 0.5) is 22.7 Å². The van der Waals surface area contributed by atoms with E-state index in [1.165, 1.54) is 17.3 Å². The molecule has 0 bridgehead atoms. The highest BCUT2D eigenvalue weighted by Gasteiger charge is 2.35. The standard InChI is InChI=1S/C35H27N5S2/c1-6-16-27(17-7-1)26-41-34(38-30-22-12-4-13-23-30)39-35-40(31-24-14-5-15-25-31)32(36-28-18-8-2-9-19-28)33(42-35)37-29-20-10-3-11-21-29/h1-25H,26H2/b36-32?,37-33?,38-34?,39-35-. The Morgan fingerprint density at radius 2 is 1.07 bits per heavy atom. The van der Waals surface area contributed by atoms with Gasteiger partial charge in [0.25, 0.3) is 0 Å². The highest BCUT2D eigenvalue weighted by atomic mass is 32.2. The first-order valence-electron chi connectivity index (χ1n) is 13.5. The van der Waals surface area contributed by atoms with Gasteiger partial charge in [-0.15, -0.1) is 0 Å². The van der Waals surface area contributed by atoms with Crippen molar-refractivity contribution in [1.29, 1.82) is 0 Å². The lowest BCUT2D eigenvalue weighted by molar-refractivity contribution is 1.40. The average molecular weight is 582 g/mol. The van der Waals surface area contributed by atoms with Crippen LogP contribution in [0, 0.1) is 0 Å². The SMILES string of the molecule is c1ccc(CSC(=Nc2ccccc2)/N=C2\SC(=Nc3ccccc3)C(=Nc3ccccc3)N2c2ccccc2)cc1. The Morgan fingerprint density at radius 1 is 0.571 bits per heavy atom. The molecule has 7 heteroatoms. The van der Waals surface area contributed by atoms with Crippen LogP contribution in [0.25, 0.3) is 0 Å². The Balaban J connectivity index is 1.48. The van der Waals surface area contributed by atoms with Crippen molar-refractivity contribution in [2.45, 2.75) is 5.75 Å². The summed E-state index contributed by atoms with van der Waals surface area (Å²) in [5.41, 5.74) is 4.70. The number of anilines is 1. The summed E-state index contributed by atoms with van der Waals surface area (Å²) >= 11 is 3.10. The summed E-state index contributed by atoms with van der Waals surface area (Å²) in [6.45, 7) is 0. The summed E-state index contributed by atoms with van der Waals surface area (Å²) in [7, 11) is 0. The number of hydrogen-bond donors (Lipinski definition) is 0. The normalized spacial score (nSPS) is 16.4. The van der Waals surface area contributed by atoms with Gasteiger partial charge in [0.1, 0.15) is 5.04 Å². The summed E-state index contributed by atoms with van der Waals surface area (Å²) in [5.74, 6) is 1.46. The second-order valence-corrected chi connectivity index (χ2v) is 11.1. The van der Waals surface area contributed by atoms with Gasteiger partial charge in [0.05, 0.1) is 17.1 Å². The van der Waals surface area contributed by atoms with Crippen LogP contribution in [0.5, 0.6) is 0 Å². The predicted molar refractivity (Wildman–Crippen MR) is 182 cm³/mol. The molecule has 0 aromatic heterocycles. The van der Waals surface area contributed by atoms with Gasteiger partial charge in [-0.3, -0.25) is 4.90 Å². The van der Waals surface area contributed by atoms with Gasteiger partial charge in [0.2, 0.25) is 0 Å². The molecule has 0 aliphatic carbocycles. The predicted octanol–water partition coefficient (Wildman–Crippen LogP) is 9.68. The molecule has 5 nitrogen and oxygen atoms in total. The van der Waals surface area contributed by atoms with Crippen molar-refractivity contribution in [2.24, 2.45) is 20.0 Å². The monoisotopic (exact) mass is 581 g/mol. The minimum absolute atomic E-state index is 0.661. The zero-order valence-electron chi connectivity index (χ0n) is 22.7.